The van der Waals surface area contributed by atoms with Crippen molar-refractivity contribution in [2.75, 3.05) is 6.54 Å². The van der Waals surface area contributed by atoms with Crippen LogP contribution in [0.3, 0.4) is 0 Å². The standard InChI is InChI=1S/C22H25ClN2O3/c1-15-13-17(26)11-12-25(15)21(27)14-20(16-7-3-2-4-8-16)24-22(28)18-9-5-6-10-19(18)23/h2-10,15,17,20,26H,11-14H2,1H3,(H,24,28)/t15-,17-,20+/m1/s1. The molecule has 3 rings (SSSR count). The molecule has 0 bridgehead atoms. The summed E-state index contributed by atoms with van der Waals surface area (Å²) in [7, 11) is 0. The van der Waals surface area contributed by atoms with E-state index in [1.807, 2.05) is 37.3 Å². The summed E-state index contributed by atoms with van der Waals surface area (Å²) in [6.45, 7) is 2.47. The Morgan fingerprint density at radius 2 is 1.86 bits per heavy atom. The molecule has 1 aliphatic rings. The first-order valence-corrected chi connectivity index (χ1v) is 9.91. The fraction of sp³-hybridized carbons (Fsp3) is 0.364. The first-order chi connectivity index (χ1) is 13.5. The number of likely N-dealkylation sites (tertiary alicyclic amines) is 1. The third-order valence-electron chi connectivity index (χ3n) is 5.17. The molecular formula is C22H25ClN2O3. The van der Waals surface area contributed by atoms with Gasteiger partial charge in [0.1, 0.15) is 0 Å². The zero-order chi connectivity index (χ0) is 20.1. The summed E-state index contributed by atoms with van der Waals surface area (Å²) in [5.41, 5.74) is 1.24. The molecule has 1 fully saturated rings. The van der Waals surface area contributed by atoms with E-state index in [0.717, 1.165) is 5.56 Å². The Hall–Kier alpha value is -2.37. The van der Waals surface area contributed by atoms with Crippen LogP contribution in [0, 0.1) is 0 Å². The first-order valence-electron chi connectivity index (χ1n) is 9.53. The average molecular weight is 401 g/mol. The predicted octanol–water partition coefficient (Wildman–Crippen LogP) is 3.57. The number of nitrogens with one attached hydrogen (secondary N) is 1. The monoisotopic (exact) mass is 400 g/mol. The Morgan fingerprint density at radius 1 is 1.18 bits per heavy atom. The van der Waals surface area contributed by atoms with Crippen molar-refractivity contribution in [3.63, 3.8) is 0 Å². The topological polar surface area (TPSA) is 69.6 Å². The SMILES string of the molecule is C[C@@H]1C[C@H](O)CCN1C(=O)C[C@H](NC(=O)c1ccccc1Cl)c1ccccc1. The molecule has 3 atom stereocenters. The smallest absolute Gasteiger partial charge is 0.253 e. The van der Waals surface area contributed by atoms with Gasteiger partial charge in [-0.05, 0) is 37.5 Å². The van der Waals surface area contributed by atoms with Crippen molar-refractivity contribution in [1.82, 2.24) is 10.2 Å². The Balaban J connectivity index is 1.77. The quantitative estimate of drug-likeness (QED) is 0.806. The van der Waals surface area contributed by atoms with E-state index in [-0.39, 0.29) is 30.4 Å². The number of aliphatic hydroxyl groups is 1. The molecule has 0 radical (unpaired) electrons. The average Bonchev–Trinajstić information content (AvgIpc) is 2.68. The lowest BCUT2D eigenvalue weighted by molar-refractivity contribution is -0.136. The number of aliphatic hydroxyl groups excluding tert-OH is 1. The summed E-state index contributed by atoms with van der Waals surface area (Å²) in [6.07, 6.45) is 0.954. The summed E-state index contributed by atoms with van der Waals surface area (Å²) in [5.74, 6) is -0.345. The fourth-order valence-electron chi connectivity index (χ4n) is 3.63. The number of benzene rings is 2. The van der Waals surface area contributed by atoms with Gasteiger partial charge in [-0.1, -0.05) is 54.1 Å². The summed E-state index contributed by atoms with van der Waals surface area (Å²) in [5, 5.41) is 13.1. The predicted molar refractivity (Wildman–Crippen MR) is 109 cm³/mol. The summed E-state index contributed by atoms with van der Waals surface area (Å²) in [6, 6.07) is 15.8. The molecule has 0 spiro atoms. The van der Waals surface area contributed by atoms with E-state index in [0.29, 0.717) is 30.0 Å². The molecule has 6 heteroatoms. The van der Waals surface area contributed by atoms with Gasteiger partial charge >= 0.3 is 0 Å². The van der Waals surface area contributed by atoms with Crippen molar-refractivity contribution < 1.29 is 14.7 Å². The van der Waals surface area contributed by atoms with Gasteiger partial charge in [-0.3, -0.25) is 9.59 Å². The van der Waals surface area contributed by atoms with Crippen molar-refractivity contribution in [3.05, 3.63) is 70.7 Å². The second-order valence-electron chi connectivity index (χ2n) is 7.24. The minimum absolute atomic E-state index is 0.0213. The van der Waals surface area contributed by atoms with Crippen LogP contribution in [0.15, 0.2) is 54.6 Å². The van der Waals surface area contributed by atoms with E-state index >= 15 is 0 Å². The molecule has 5 nitrogen and oxygen atoms in total. The maximum absolute atomic E-state index is 13.0. The van der Waals surface area contributed by atoms with Gasteiger partial charge in [0.2, 0.25) is 5.91 Å². The van der Waals surface area contributed by atoms with Crippen LogP contribution >= 0.6 is 11.6 Å². The number of carbonyl (C=O) groups is 2. The first kappa shape index (κ1) is 20.4. The van der Waals surface area contributed by atoms with E-state index in [1.54, 1.807) is 29.2 Å². The summed E-state index contributed by atoms with van der Waals surface area (Å²) in [4.78, 5) is 27.5. The van der Waals surface area contributed by atoms with Gasteiger partial charge in [-0.25, -0.2) is 0 Å². The van der Waals surface area contributed by atoms with Crippen LogP contribution in [0.25, 0.3) is 0 Å². The lowest BCUT2D eigenvalue weighted by Gasteiger charge is -2.36. The van der Waals surface area contributed by atoms with Crippen LogP contribution < -0.4 is 5.32 Å². The lowest BCUT2D eigenvalue weighted by Crippen LogP contribution is -2.47. The van der Waals surface area contributed by atoms with E-state index < -0.39 is 6.04 Å². The molecular weight excluding hydrogens is 376 g/mol. The highest BCUT2D eigenvalue weighted by molar-refractivity contribution is 6.33. The number of amides is 2. The molecule has 0 saturated carbocycles. The molecule has 1 heterocycles. The molecule has 28 heavy (non-hydrogen) atoms. The number of hydrogen-bond donors (Lipinski definition) is 2. The molecule has 1 aliphatic heterocycles. The van der Waals surface area contributed by atoms with Gasteiger partial charge in [-0.15, -0.1) is 0 Å². The van der Waals surface area contributed by atoms with Gasteiger partial charge < -0.3 is 15.3 Å². The normalized spacial score (nSPS) is 20.5. The van der Waals surface area contributed by atoms with Crippen LogP contribution in [-0.2, 0) is 4.79 Å². The van der Waals surface area contributed by atoms with Crippen LogP contribution in [0.1, 0.15) is 48.1 Å². The van der Waals surface area contributed by atoms with Crippen LogP contribution in [0.5, 0.6) is 0 Å². The largest absolute Gasteiger partial charge is 0.393 e. The van der Waals surface area contributed by atoms with Crippen LogP contribution in [0.2, 0.25) is 5.02 Å². The van der Waals surface area contributed by atoms with E-state index in [9.17, 15) is 14.7 Å². The number of piperidine rings is 1. The van der Waals surface area contributed by atoms with Crippen molar-refractivity contribution >= 4 is 23.4 Å². The third kappa shape index (κ3) is 4.91. The molecule has 2 amide bonds. The molecule has 0 unspecified atom stereocenters. The molecule has 1 saturated heterocycles. The number of rotatable bonds is 5. The second kappa shape index (κ2) is 9.22. The minimum atomic E-state index is -0.462. The lowest BCUT2D eigenvalue weighted by atomic mass is 9.98. The van der Waals surface area contributed by atoms with Gasteiger partial charge in [0, 0.05) is 12.6 Å². The molecule has 0 aromatic heterocycles. The third-order valence-corrected chi connectivity index (χ3v) is 5.50. The van der Waals surface area contributed by atoms with Gasteiger partial charge in [0.25, 0.3) is 5.91 Å². The highest BCUT2D eigenvalue weighted by Gasteiger charge is 2.30. The Labute approximate surface area is 170 Å². The van der Waals surface area contributed by atoms with E-state index in [4.69, 9.17) is 11.6 Å². The highest BCUT2D eigenvalue weighted by atomic mass is 35.5. The highest BCUT2D eigenvalue weighted by Crippen LogP contribution is 2.24. The van der Waals surface area contributed by atoms with Gasteiger partial charge in [0.05, 0.1) is 29.2 Å². The molecule has 2 aromatic rings. The summed E-state index contributed by atoms with van der Waals surface area (Å²) >= 11 is 6.15. The number of nitrogens with zero attached hydrogens (tertiary/aromatic N) is 1. The zero-order valence-corrected chi connectivity index (χ0v) is 16.6. The maximum Gasteiger partial charge on any atom is 0.253 e. The Bertz CT molecular complexity index is 828. The van der Waals surface area contributed by atoms with E-state index in [2.05, 4.69) is 5.32 Å². The van der Waals surface area contributed by atoms with Crippen molar-refractivity contribution in [3.8, 4) is 0 Å². The van der Waals surface area contributed by atoms with Crippen molar-refractivity contribution in [2.45, 2.75) is 44.4 Å². The van der Waals surface area contributed by atoms with Crippen LogP contribution in [-0.4, -0.2) is 40.5 Å². The number of halogens is 1. The number of hydrogen-bond acceptors (Lipinski definition) is 3. The molecule has 148 valence electrons. The Morgan fingerprint density at radius 3 is 2.54 bits per heavy atom. The second-order valence-corrected chi connectivity index (χ2v) is 7.64. The fourth-order valence-corrected chi connectivity index (χ4v) is 3.85. The molecule has 2 aromatic carbocycles. The maximum atomic E-state index is 13.0. The van der Waals surface area contributed by atoms with Crippen LogP contribution in [0.4, 0.5) is 0 Å². The summed E-state index contributed by atoms with van der Waals surface area (Å²) < 4.78 is 0. The zero-order valence-electron chi connectivity index (χ0n) is 15.8. The van der Waals surface area contributed by atoms with Crippen molar-refractivity contribution in [2.24, 2.45) is 0 Å². The van der Waals surface area contributed by atoms with E-state index in [1.165, 1.54) is 0 Å². The number of carbonyl (C=O) groups excluding carboxylic acids is 2. The minimum Gasteiger partial charge on any atom is -0.393 e. The Kier molecular flexibility index (Phi) is 6.70. The van der Waals surface area contributed by atoms with Crippen molar-refractivity contribution in [1.29, 1.82) is 0 Å². The molecule has 0 aliphatic carbocycles. The van der Waals surface area contributed by atoms with Gasteiger partial charge in [-0.2, -0.15) is 0 Å². The van der Waals surface area contributed by atoms with Gasteiger partial charge in [0.15, 0.2) is 0 Å². The molecule has 2 N–H and O–H groups in total.